The fourth-order valence-electron chi connectivity index (χ4n) is 7.68. The number of anilines is 2. The van der Waals surface area contributed by atoms with E-state index in [2.05, 4.69) is 35.2 Å². The van der Waals surface area contributed by atoms with Crippen LogP contribution in [0.25, 0.3) is 0 Å². The van der Waals surface area contributed by atoms with Crippen molar-refractivity contribution in [1.29, 1.82) is 0 Å². The van der Waals surface area contributed by atoms with Crippen molar-refractivity contribution in [3.63, 3.8) is 0 Å². The predicted molar refractivity (Wildman–Crippen MR) is 120 cm³/mol. The third-order valence-electron chi connectivity index (χ3n) is 8.46. The van der Waals surface area contributed by atoms with Crippen LogP contribution in [0.2, 0.25) is 0 Å². The second-order valence-electron chi connectivity index (χ2n) is 10.3. The molecule has 3 nitrogen and oxygen atoms in total. The molecule has 0 atom stereocenters. The minimum atomic E-state index is 0.316. The lowest BCUT2D eigenvalue weighted by Crippen LogP contribution is -2.48. The summed E-state index contributed by atoms with van der Waals surface area (Å²) in [6.45, 7) is 1.03. The van der Waals surface area contributed by atoms with E-state index in [9.17, 15) is 4.79 Å². The van der Waals surface area contributed by atoms with Crippen molar-refractivity contribution in [3.8, 4) is 5.75 Å². The van der Waals surface area contributed by atoms with E-state index in [-0.39, 0.29) is 0 Å². The molecule has 30 heavy (non-hydrogen) atoms. The Morgan fingerprint density at radius 1 is 1.00 bits per heavy atom. The van der Waals surface area contributed by atoms with Crippen molar-refractivity contribution < 1.29 is 9.53 Å². The molecule has 5 aliphatic rings. The normalized spacial score (nSPS) is 31.5. The van der Waals surface area contributed by atoms with E-state index in [1.165, 1.54) is 61.0 Å². The number of methoxy groups -OCH3 is 1. The number of aldehydes is 1. The molecule has 0 saturated heterocycles. The highest BCUT2D eigenvalue weighted by Gasteiger charge is 2.52. The monoisotopic (exact) mass is 401 g/mol. The van der Waals surface area contributed by atoms with E-state index in [1.54, 1.807) is 0 Å². The Kier molecular flexibility index (Phi) is 4.23. The zero-order valence-corrected chi connectivity index (χ0v) is 17.9. The van der Waals surface area contributed by atoms with Gasteiger partial charge in [0.15, 0.2) is 0 Å². The van der Waals surface area contributed by atoms with Gasteiger partial charge in [0.1, 0.15) is 12.0 Å². The number of benzene rings is 2. The fourth-order valence-corrected chi connectivity index (χ4v) is 7.68. The average Bonchev–Trinajstić information content (AvgIpc) is 2.77. The lowest BCUT2D eigenvalue weighted by atomic mass is 9.48. The predicted octanol–water partition coefficient (Wildman–Crippen LogP) is 6.06. The summed E-state index contributed by atoms with van der Waals surface area (Å²) in [4.78, 5) is 13.7. The Bertz CT molecular complexity index is 959. The van der Waals surface area contributed by atoms with Gasteiger partial charge in [-0.05, 0) is 116 Å². The van der Waals surface area contributed by atoms with Crippen LogP contribution >= 0.6 is 0 Å². The van der Waals surface area contributed by atoms with Crippen molar-refractivity contribution in [1.82, 2.24) is 0 Å². The highest BCUT2D eigenvalue weighted by atomic mass is 16.5. The van der Waals surface area contributed by atoms with Crippen molar-refractivity contribution in [2.75, 3.05) is 18.6 Å². The first-order valence-corrected chi connectivity index (χ1v) is 11.7. The number of carbonyl (C=O) groups excluding carboxylic acids is 1. The van der Waals surface area contributed by atoms with E-state index in [1.807, 2.05) is 13.2 Å². The van der Waals surface area contributed by atoms with Gasteiger partial charge in [-0.3, -0.25) is 4.79 Å². The zero-order chi connectivity index (χ0) is 20.3. The van der Waals surface area contributed by atoms with Crippen LogP contribution in [0.3, 0.4) is 0 Å². The van der Waals surface area contributed by atoms with Crippen molar-refractivity contribution in [3.05, 3.63) is 53.1 Å². The Labute approximate surface area is 179 Å². The lowest BCUT2D eigenvalue weighted by molar-refractivity contribution is -0.00613. The van der Waals surface area contributed by atoms with E-state index in [4.69, 9.17) is 4.74 Å². The molecule has 2 aromatic rings. The van der Waals surface area contributed by atoms with E-state index in [0.717, 1.165) is 54.7 Å². The standard InChI is InChI=1S/C27H31NO2/c1-30-26-7-5-23(28-8-2-3-22-12-18(17-29)4-6-25(22)28)13-24(26)27-14-19-9-20(15-27)11-21(10-19)16-27/h4-7,12-13,17,19-21H,2-3,8-11,14-16H2,1H3. The first-order chi connectivity index (χ1) is 14.7. The first kappa shape index (κ1) is 18.5. The highest BCUT2D eigenvalue weighted by Crippen LogP contribution is 2.62. The molecule has 0 spiro atoms. The molecule has 1 aliphatic heterocycles. The summed E-state index contributed by atoms with van der Waals surface area (Å²) in [5.41, 5.74) is 6.38. The summed E-state index contributed by atoms with van der Waals surface area (Å²) in [6, 6.07) is 13.0. The van der Waals surface area contributed by atoms with Crippen LogP contribution < -0.4 is 9.64 Å². The Morgan fingerprint density at radius 3 is 2.40 bits per heavy atom. The molecule has 0 radical (unpaired) electrons. The molecule has 4 saturated carbocycles. The largest absolute Gasteiger partial charge is 0.496 e. The number of carbonyl (C=O) groups is 1. The molecule has 4 fully saturated rings. The van der Waals surface area contributed by atoms with Gasteiger partial charge in [-0.15, -0.1) is 0 Å². The molecule has 3 heteroatoms. The van der Waals surface area contributed by atoms with Gasteiger partial charge < -0.3 is 9.64 Å². The molecule has 0 unspecified atom stereocenters. The van der Waals surface area contributed by atoms with Crippen molar-refractivity contribution in [2.45, 2.75) is 56.8 Å². The van der Waals surface area contributed by atoms with Crippen LogP contribution in [-0.2, 0) is 11.8 Å². The van der Waals surface area contributed by atoms with Crippen LogP contribution in [0.15, 0.2) is 36.4 Å². The number of ether oxygens (including phenoxy) is 1. The Hall–Kier alpha value is -2.29. The van der Waals surface area contributed by atoms with E-state index >= 15 is 0 Å². The van der Waals surface area contributed by atoms with Crippen LogP contribution in [0.1, 0.15) is 66.4 Å². The minimum Gasteiger partial charge on any atom is -0.496 e. The SMILES string of the molecule is COc1ccc(N2CCCc3cc(C=O)ccc32)cc1C12CC3CC(CC(C3)C1)C2. The topological polar surface area (TPSA) is 29.5 Å². The van der Waals surface area contributed by atoms with Crippen LogP contribution in [0.4, 0.5) is 11.4 Å². The van der Waals surface area contributed by atoms with E-state index in [0.29, 0.717) is 5.41 Å². The maximum absolute atomic E-state index is 11.2. The van der Waals surface area contributed by atoms with Gasteiger partial charge in [0.05, 0.1) is 7.11 Å². The lowest BCUT2D eigenvalue weighted by Gasteiger charge is -2.57. The summed E-state index contributed by atoms with van der Waals surface area (Å²) in [5, 5.41) is 0. The van der Waals surface area contributed by atoms with Crippen molar-refractivity contribution in [2.24, 2.45) is 17.8 Å². The molecule has 2 aromatic carbocycles. The second kappa shape index (κ2) is 6.87. The zero-order valence-electron chi connectivity index (χ0n) is 17.9. The third kappa shape index (κ3) is 2.81. The van der Waals surface area contributed by atoms with Gasteiger partial charge in [0.2, 0.25) is 0 Å². The van der Waals surface area contributed by atoms with Crippen LogP contribution in [-0.4, -0.2) is 19.9 Å². The van der Waals surface area contributed by atoms with Gasteiger partial charge in [0, 0.05) is 29.0 Å². The molecular formula is C27H31NO2. The highest BCUT2D eigenvalue weighted by molar-refractivity contribution is 5.79. The molecule has 156 valence electrons. The minimum absolute atomic E-state index is 0.316. The van der Waals surface area contributed by atoms with Crippen LogP contribution in [0.5, 0.6) is 5.75 Å². The number of nitrogens with zero attached hydrogens (tertiary/aromatic N) is 1. The smallest absolute Gasteiger partial charge is 0.150 e. The molecule has 0 N–H and O–H groups in total. The maximum Gasteiger partial charge on any atom is 0.150 e. The van der Waals surface area contributed by atoms with Crippen LogP contribution in [0, 0.1) is 17.8 Å². The summed E-state index contributed by atoms with van der Waals surface area (Å²) >= 11 is 0. The number of aryl methyl sites for hydroxylation is 1. The number of hydrogen-bond acceptors (Lipinski definition) is 3. The van der Waals surface area contributed by atoms with E-state index < -0.39 is 0 Å². The van der Waals surface area contributed by atoms with Gasteiger partial charge in [-0.2, -0.15) is 0 Å². The summed E-state index contributed by atoms with van der Waals surface area (Å²) < 4.78 is 5.92. The number of hydrogen-bond donors (Lipinski definition) is 0. The summed E-state index contributed by atoms with van der Waals surface area (Å²) in [5.74, 6) is 3.83. The summed E-state index contributed by atoms with van der Waals surface area (Å²) in [7, 11) is 1.83. The Morgan fingerprint density at radius 2 is 1.73 bits per heavy atom. The second-order valence-corrected chi connectivity index (χ2v) is 10.3. The fraction of sp³-hybridized carbons (Fsp3) is 0.519. The molecule has 7 rings (SSSR count). The molecule has 0 amide bonds. The molecular weight excluding hydrogens is 370 g/mol. The average molecular weight is 402 g/mol. The van der Waals surface area contributed by atoms with Gasteiger partial charge in [-0.25, -0.2) is 0 Å². The maximum atomic E-state index is 11.2. The summed E-state index contributed by atoms with van der Waals surface area (Å²) in [6.07, 6.45) is 11.5. The Balaban J connectivity index is 1.42. The third-order valence-corrected chi connectivity index (χ3v) is 8.46. The molecule has 1 heterocycles. The quantitative estimate of drug-likeness (QED) is 0.583. The first-order valence-electron chi connectivity index (χ1n) is 11.7. The van der Waals surface area contributed by atoms with Crippen molar-refractivity contribution >= 4 is 17.7 Å². The molecule has 0 aromatic heterocycles. The number of fused-ring (bicyclic) bond motifs is 1. The van der Waals surface area contributed by atoms with Gasteiger partial charge >= 0.3 is 0 Å². The van der Waals surface area contributed by atoms with Gasteiger partial charge in [-0.1, -0.05) is 0 Å². The molecule has 4 aliphatic carbocycles. The molecule has 4 bridgehead atoms. The number of rotatable bonds is 4. The van der Waals surface area contributed by atoms with Gasteiger partial charge in [0.25, 0.3) is 0 Å².